The van der Waals surface area contributed by atoms with Gasteiger partial charge in [-0.25, -0.2) is 13.2 Å². The molecule has 0 saturated carbocycles. The quantitative estimate of drug-likeness (QED) is 0.295. The molecule has 240 valence electrons. The Kier molecular flexibility index (Phi) is 8.99. The van der Waals surface area contributed by atoms with E-state index in [1.165, 1.54) is 54.1 Å². The molecule has 11 nitrogen and oxygen atoms in total. The van der Waals surface area contributed by atoms with Crippen LogP contribution in [0.5, 0.6) is 5.75 Å². The monoisotopic (exact) mass is 642 g/mol. The summed E-state index contributed by atoms with van der Waals surface area (Å²) in [5.41, 5.74) is 0.160. The molecule has 12 heteroatoms. The summed E-state index contributed by atoms with van der Waals surface area (Å²) in [5, 5.41) is 13.4. The number of benzene rings is 3. The van der Waals surface area contributed by atoms with E-state index in [0.29, 0.717) is 30.4 Å². The van der Waals surface area contributed by atoms with Gasteiger partial charge in [0.15, 0.2) is 0 Å². The second kappa shape index (κ2) is 13.1. The Morgan fingerprint density at radius 2 is 1.72 bits per heavy atom. The number of methoxy groups -OCH3 is 1. The SMILES string of the molecule is COc1ccc(S(=O)(=O)n2c(=O)n(C(C(=O)N3CC[C@H](CNC4CCN(C)CC4)C3)c3ccccc3)c3cc(C#N)ccc32)cc1. The molecule has 6 rings (SSSR count). The summed E-state index contributed by atoms with van der Waals surface area (Å²) < 4.78 is 35.2. The highest BCUT2D eigenvalue weighted by molar-refractivity contribution is 7.90. The highest BCUT2D eigenvalue weighted by Crippen LogP contribution is 2.30. The van der Waals surface area contributed by atoms with Crippen LogP contribution in [0.4, 0.5) is 0 Å². The Labute approximate surface area is 268 Å². The summed E-state index contributed by atoms with van der Waals surface area (Å²) in [5.74, 6) is 0.435. The molecular weight excluding hydrogens is 604 g/mol. The lowest BCUT2D eigenvalue weighted by Gasteiger charge is -2.30. The third-order valence-corrected chi connectivity index (χ3v) is 10.9. The maximum absolute atomic E-state index is 14.5. The first-order valence-electron chi connectivity index (χ1n) is 15.5. The Hall–Kier alpha value is -4.44. The Morgan fingerprint density at radius 3 is 2.39 bits per heavy atom. The molecule has 1 unspecified atom stereocenters. The van der Waals surface area contributed by atoms with E-state index in [1.54, 1.807) is 29.2 Å². The van der Waals surface area contributed by atoms with Crippen molar-refractivity contribution in [2.24, 2.45) is 5.92 Å². The van der Waals surface area contributed by atoms with E-state index in [0.717, 1.165) is 42.9 Å². The van der Waals surface area contributed by atoms with Gasteiger partial charge in [0.05, 0.1) is 34.7 Å². The molecule has 0 bridgehead atoms. The van der Waals surface area contributed by atoms with Crippen molar-refractivity contribution in [3.63, 3.8) is 0 Å². The summed E-state index contributed by atoms with van der Waals surface area (Å²) in [4.78, 5) is 32.9. The third-order valence-electron chi connectivity index (χ3n) is 9.18. The number of rotatable bonds is 9. The molecule has 1 aromatic heterocycles. The Morgan fingerprint density at radius 1 is 1.00 bits per heavy atom. The number of likely N-dealkylation sites (tertiary alicyclic amines) is 2. The second-order valence-electron chi connectivity index (χ2n) is 12.2. The van der Waals surface area contributed by atoms with E-state index >= 15 is 0 Å². The number of piperidine rings is 1. The number of hydrogen-bond donors (Lipinski definition) is 1. The zero-order valence-corrected chi connectivity index (χ0v) is 26.8. The Bertz CT molecular complexity index is 1920. The van der Waals surface area contributed by atoms with Crippen LogP contribution in [0.1, 0.15) is 36.4 Å². The lowest BCUT2D eigenvalue weighted by atomic mass is 10.0. The van der Waals surface area contributed by atoms with E-state index in [2.05, 4.69) is 23.3 Å². The first-order chi connectivity index (χ1) is 22.2. The van der Waals surface area contributed by atoms with Gasteiger partial charge < -0.3 is 19.9 Å². The van der Waals surface area contributed by atoms with Crippen LogP contribution in [0, 0.1) is 17.2 Å². The number of imidazole rings is 1. The zero-order valence-electron chi connectivity index (χ0n) is 26.0. The number of hydrogen-bond acceptors (Lipinski definition) is 8. The van der Waals surface area contributed by atoms with Gasteiger partial charge >= 0.3 is 5.69 Å². The average Bonchev–Trinajstić information content (AvgIpc) is 3.67. The van der Waals surface area contributed by atoms with Gasteiger partial charge in [-0.05, 0) is 99.9 Å². The number of carbonyl (C=O) groups is 1. The number of ether oxygens (including phenoxy) is 1. The van der Waals surface area contributed by atoms with Gasteiger partial charge in [0.25, 0.3) is 10.0 Å². The first-order valence-corrected chi connectivity index (χ1v) is 17.0. The molecule has 0 spiro atoms. The molecule has 0 radical (unpaired) electrons. The molecule has 2 aliphatic rings. The molecule has 3 heterocycles. The van der Waals surface area contributed by atoms with Gasteiger partial charge in [0.2, 0.25) is 5.91 Å². The van der Waals surface area contributed by atoms with Gasteiger partial charge in [-0.2, -0.15) is 9.23 Å². The first kappa shape index (κ1) is 31.5. The van der Waals surface area contributed by atoms with E-state index in [9.17, 15) is 23.3 Å². The smallest absolute Gasteiger partial charge is 0.344 e. The van der Waals surface area contributed by atoms with Crippen molar-refractivity contribution in [2.75, 3.05) is 46.9 Å². The van der Waals surface area contributed by atoms with Crippen molar-refractivity contribution in [3.05, 3.63) is 94.4 Å². The van der Waals surface area contributed by atoms with E-state index in [1.807, 2.05) is 6.07 Å². The van der Waals surface area contributed by atoms with Crippen molar-refractivity contribution < 1.29 is 17.9 Å². The molecule has 2 fully saturated rings. The van der Waals surface area contributed by atoms with Crippen LogP contribution in [0.15, 0.2) is 82.5 Å². The number of aromatic nitrogens is 2. The Balaban J connectivity index is 1.39. The lowest BCUT2D eigenvalue weighted by molar-refractivity contribution is -0.132. The number of nitrogens with one attached hydrogen (secondary N) is 1. The van der Waals surface area contributed by atoms with Gasteiger partial charge in [-0.3, -0.25) is 9.36 Å². The predicted octanol–water partition coefficient (Wildman–Crippen LogP) is 3.04. The van der Waals surface area contributed by atoms with Crippen molar-refractivity contribution in [2.45, 2.75) is 36.2 Å². The minimum Gasteiger partial charge on any atom is -0.497 e. The highest BCUT2D eigenvalue weighted by atomic mass is 32.2. The topological polar surface area (TPSA) is 130 Å². The molecule has 2 atom stereocenters. The molecule has 1 N–H and O–H groups in total. The van der Waals surface area contributed by atoms with Crippen LogP contribution in [-0.4, -0.2) is 85.6 Å². The summed E-state index contributed by atoms with van der Waals surface area (Å²) in [6, 6.07) is 20.5. The predicted molar refractivity (Wildman–Crippen MR) is 174 cm³/mol. The van der Waals surface area contributed by atoms with Crippen molar-refractivity contribution in [1.29, 1.82) is 5.26 Å². The largest absolute Gasteiger partial charge is 0.497 e. The van der Waals surface area contributed by atoms with Crippen molar-refractivity contribution in [3.8, 4) is 11.8 Å². The standard InChI is InChI=1S/C34H38N6O5S/c1-37-17-15-27(16-18-37)36-22-25-14-19-38(23-25)33(41)32(26-6-4-3-5-7-26)39-31-20-24(21-35)8-13-30(31)40(34(39)42)46(43,44)29-11-9-28(45-2)10-12-29/h3-13,20,25,27,32,36H,14-19,22-23H2,1-2H3/t25-,32?/m1/s1. The second-order valence-corrected chi connectivity index (χ2v) is 13.9. The molecule has 46 heavy (non-hydrogen) atoms. The molecular formula is C34H38N6O5S. The molecule has 2 aliphatic heterocycles. The summed E-state index contributed by atoms with van der Waals surface area (Å²) in [6.07, 6.45) is 3.02. The van der Waals surface area contributed by atoms with E-state index in [-0.39, 0.29) is 33.3 Å². The van der Waals surface area contributed by atoms with E-state index < -0.39 is 21.8 Å². The fraction of sp³-hybridized carbons (Fsp3) is 0.382. The van der Waals surface area contributed by atoms with Crippen LogP contribution in [0.25, 0.3) is 11.0 Å². The maximum atomic E-state index is 14.5. The molecule has 2 saturated heterocycles. The van der Waals surface area contributed by atoms with Crippen molar-refractivity contribution >= 4 is 27.0 Å². The van der Waals surface area contributed by atoms with Crippen LogP contribution in [-0.2, 0) is 14.8 Å². The van der Waals surface area contributed by atoms with Gasteiger partial charge in [0, 0.05) is 19.1 Å². The van der Waals surface area contributed by atoms with Crippen molar-refractivity contribution in [1.82, 2.24) is 23.7 Å². The normalized spacial score (nSPS) is 18.5. The average molecular weight is 643 g/mol. The molecule has 3 aromatic carbocycles. The van der Waals surface area contributed by atoms with Gasteiger partial charge in [-0.15, -0.1) is 0 Å². The molecule has 4 aromatic rings. The molecule has 0 aliphatic carbocycles. The highest BCUT2D eigenvalue weighted by Gasteiger charge is 2.37. The summed E-state index contributed by atoms with van der Waals surface area (Å²) in [6.45, 7) is 4.00. The van der Waals surface area contributed by atoms with E-state index in [4.69, 9.17) is 4.74 Å². The van der Waals surface area contributed by atoms with Crippen LogP contribution in [0.2, 0.25) is 0 Å². The maximum Gasteiger partial charge on any atom is 0.344 e. The molecule has 1 amide bonds. The lowest BCUT2D eigenvalue weighted by Crippen LogP contribution is -2.43. The fourth-order valence-corrected chi connectivity index (χ4v) is 7.95. The minimum atomic E-state index is -4.40. The van der Waals surface area contributed by atoms with Crippen LogP contribution >= 0.6 is 0 Å². The summed E-state index contributed by atoms with van der Waals surface area (Å²) >= 11 is 0. The number of carbonyl (C=O) groups excluding carboxylic acids is 1. The number of amides is 1. The van der Waals surface area contributed by atoms with Gasteiger partial charge in [-0.1, -0.05) is 30.3 Å². The third kappa shape index (κ3) is 6.06. The van der Waals surface area contributed by atoms with Crippen LogP contribution in [0.3, 0.4) is 0 Å². The zero-order chi connectivity index (χ0) is 32.4. The minimum absolute atomic E-state index is 0.0789. The number of nitrogens with zero attached hydrogens (tertiary/aromatic N) is 5. The number of fused-ring (bicyclic) bond motifs is 1. The fourth-order valence-electron chi connectivity index (χ4n) is 6.55. The summed E-state index contributed by atoms with van der Waals surface area (Å²) in [7, 11) is -0.789. The van der Waals surface area contributed by atoms with Crippen LogP contribution < -0.4 is 15.7 Å². The number of nitriles is 1. The van der Waals surface area contributed by atoms with Gasteiger partial charge in [0.1, 0.15) is 11.8 Å².